The van der Waals surface area contributed by atoms with E-state index in [1.54, 1.807) is 36.4 Å². The highest BCUT2D eigenvalue weighted by atomic mass is 127. The highest BCUT2D eigenvalue weighted by Gasteiger charge is 2.39. The number of rotatable bonds is 3. The normalized spacial score (nSPS) is 18.4. The van der Waals surface area contributed by atoms with Gasteiger partial charge in [-0.2, -0.15) is 13.2 Å². The first-order valence-electron chi connectivity index (χ1n) is 8.36. The van der Waals surface area contributed by atoms with Crippen molar-refractivity contribution < 1.29 is 18.1 Å². The van der Waals surface area contributed by atoms with E-state index >= 15 is 0 Å². The Morgan fingerprint density at radius 3 is 2.61 bits per heavy atom. The summed E-state index contributed by atoms with van der Waals surface area (Å²) in [5.41, 5.74) is 2.10. The lowest BCUT2D eigenvalue weighted by molar-refractivity contribution is -0.418. The molecule has 4 nitrogen and oxygen atoms in total. The van der Waals surface area contributed by atoms with Crippen molar-refractivity contribution >= 4 is 39.6 Å². The Kier molecular flexibility index (Phi) is 4.60. The molecule has 1 atom stereocenters. The lowest BCUT2D eigenvalue weighted by Crippen LogP contribution is -2.22. The van der Waals surface area contributed by atoms with Gasteiger partial charge >= 0.3 is 6.18 Å². The largest absolute Gasteiger partial charge is 0.416 e. The second-order valence-corrected chi connectivity index (χ2v) is 7.68. The third kappa shape index (κ3) is 3.25. The molecule has 8 heteroatoms. The van der Waals surface area contributed by atoms with Crippen molar-refractivity contribution in [1.29, 1.82) is 0 Å². The fourth-order valence-electron chi connectivity index (χ4n) is 3.54. The standard InChI is InChI=1S/C20H12F3IN2O2/c21-20(22,23)13-5-3-4-11(9-13)8-12-10-15(24)19(26(27)28)17-14-6-1-2-7-16(14)25-18(12)17/h1-7,9-10,12H,8H2. The minimum Gasteiger partial charge on any atom is -0.258 e. The van der Waals surface area contributed by atoms with Crippen LogP contribution in [-0.2, 0) is 12.6 Å². The van der Waals surface area contributed by atoms with Crippen molar-refractivity contribution in [2.24, 2.45) is 10.9 Å². The predicted molar refractivity (Wildman–Crippen MR) is 108 cm³/mol. The first-order chi connectivity index (χ1) is 13.3. The third-order valence-corrected chi connectivity index (χ3v) is 5.60. The first kappa shape index (κ1) is 18.9. The molecule has 1 aliphatic carbocycles. The fourth-order valence-corrected chi connectivity index (χ4v) is 4.44. The fraction of sp³-hybridized carbons (Fsp3) is 0.150. The topological polar surface area (TPSA) is 55.5 Å². The second kappa shape index (κ2) is 6.84. The molecule has 0 radical (unpaired) electrons. The molecule has 1 aliphatic heterocycles. The van der Waals surface area contributed by atoms with E-state index in [-0.39, 0.29) is 18.0 Å². The second-order valence-electron chi connectivity index (χ2n) is 6.52. The summed E-state index contributed by atoms with van der Waals surface area (Å²) in [6, 6.07) is 12.3. The Bertz CT molecular complexity index is 1090. The summed E-state index contributed by atoms with van der Waals surface area (Å²) >= 11 is 1.91. The number of nitrogens with zero attached hydrogens (tertiary/aromatic N) is 2. The van der Waals surface area contributed by atoms with E-state index < -0.39 is 16.7 Å². The maximum Gasteiger partial charge on any atom is 0.416 e. The van der Waals surface area contributed by atoms with Crippen LogP contribution in [0, 0.1) is 16.0 Å². The zero-order valence-corrected chi connectivity index (χ0v) is 16.4. The van der Waals surface area contributed by atoms with Crippen LogP contribution in [0.4, 0.5) is 18.9 Å². The molecule has 0 bridgehead atoms. The molecule has 4 rings (SSSR count). The summed E-state index contributed by atoms with van der Waals surface area (Å²) in [7, 11) is 0. The number of fused-ring (bicyclic) bond motifs is 3. The van der Waals surface area contributed by atoms with E-state index in [2.05, 4.69) is 4.99 Å². The molecule has 28 heavy (non-hydrogen) atoms. The van der Waals surface area contributed by atoms with Gasteiger partial charge in [0.1, 0.15) is 0 Å². The van der Waals surface area contributed by atoms with Gasteiger partial charge in [-0.1, -0.05) is 42.5 Å². The lowest BCUT2D eigenvalue weighted by Gasteiger charge is -2.20. The number of alkyl halides is 3. The van der Waals surface area contributed by atoms with Crippen LogP contribution in [0.5, 0.6) is 0 Å². The molecular formula is C20H12F3IN2O2. The van der Waals surface area contributed by atoms with Gasteiger partial charge in [0, 0.05) is 11.5 Å². The summed E-state index contributed by atoms with van der Waals surface area (Å²) in [5.74, 6) is -0.346. The maximum atomic E-state index is 13.0. The van der Waals surface area contributed by atoms with Gasteiger partial charge in [-0.05, 0) is 46.7 Å². The number of hydrogen-bond acceptors (Lipinski definition) is 3. The van der Waals surface area contributed by atoms with Crippen molar-refractivity contribution in [2.75, 3.05) is 0 Å². The summed E-state index contributed by atoms with van der Waals surface area (Å²) in [4.78, 5) is 15.8. The Balaban J connectivity index is 1.77. The highest BCUT2D eigenvalue weighted by molar-refractivity contribution is 14.1. The summed E-state index contributed by atoms with van der Waals surface area (Å²) < 4.78 is 39.5. The molecule has 0 saturated carbocycles. The zero-order chi connectivity index (χ0) is 20.1. The van der Waals surface area contributed by atoms with Crippen LogP contribution >= 0.6 is 22.6 Å². The molecule has 0 fully saturated rings. The van der Waals surface area contributed by atoms with E-state index in [0.29, 0.717) is 31.7 Å². The Hall–Kier alpha value is -2.49. The van der Waals surface area contributed by atoms with E-state index in [1.165, 1.54) is 6.07 Å². The summed E-state index contributed by atoms with van der Waals surface area (Å²) in [6.45, 7) is 0. The summed E-state index contributed by atoms with van der Waals surface area (Å²) in [6.07, 6.45) is -2.43. The van der Waals surface area contributed by atoms with E-state index in [0.717, 1.165) is 12.1 Å². The monoisotopic (exact) mass is 496 g/mol. The Morgan fingerprint density at radius 2 is 1.89 bits per heavy atom. The predicted octanol–water partition coefficient (Wildman–Crippen LogP) is 5.97. The third-order valence-electron chi connectivity index (χ3n) is 4.72. The van der Waals surface area contributed by atoms with Crippen LogP contribution in [0.25, 0.3) is 5.57 Å². The number of nitro groups is 1. The molecule has 2 aromatic carbocycles. The van der Waals surface area contributed by atoms with Gasteiger partial charge in [-0.25, -0.2) is 0 Å². The molecule has 1 heterocycles. The van der Waals surface area contributed by atoms with Crippen molar-refractivity contribution in [3.63, 3.8) is 0 Å². The van der Waals surface area contributed by atoms with Crippen LogP contribution < -0.4 is 0 Å². The molecule has 0 spiro atoms. The van der Waals surface area contributed by atoms with Gasteiger partial charge in [-0.15, -0.1) is 0 Å². The van der Waals surface area contributed by atoms with Crippen molar-refractivity contribution in [3.8, 4) is 0 Å². The quantitative estimate of drug-likeness (QED) is 0.299. The molecule has 0 saturated heterocycles. The van der Waals surface area contributed by atoms with Crippen molar-refractivity contribution in [3.05, 3.63) is 90.7 Å². The van der Waals surface area contributed by atoms with Gasteiger partial charge in [0.15, 0.2) is 0 Å². The van der Waals surface area contributed by atoms with Gasteiger partial charge < -0.3 is 0 Å². The average molecular weight is 496 g/mol. The van der Waals surface area contributed by atoms with E-state index in [4.69, 9.17) is 0 Å². The molecule has 0 aromatic heterocycles. The van der Waals surface area contributed by atoms with Crippen LogP contribution in [0.1, 0.15) is 16.7 Å². The highest BCUT2D eigenvalue weighted by Crippen LogP contribution is 2.45. The smallest absolute Gasteiger partial charge is 0.258 e. The molecular weight excluding hydrogens is 484 g/mol. The van der Waals surface area contributed by atoms with Crippen molar-refractivity contribution in [1.82, 2.24) is 0 Å². The van der Waals surface area contributed by atoms with Gasteiger partial charge in [0.2, 0.25) is 0 Å². The molecule has 0 N–H and O–H groups in total. The minimum absolute atomic E-state index is 0.00964. The van der Waals surface area contributed by atoms with Crippen LogP contribution in [-0.4, -0.2) is 10.6 Å². The van der Waals surface area contributed by atoms with Crippen molar-refractivity contribution in [2.45, 2.75) is 12.6 Å². The number of allylic oxidation sites excluding steroid dienone is 3. The molecule has 0 amide bonds. The molecule has 2 aromatic rings. The van der Waals surface area contributed by atoms with Gasteiger partial charge in [-0.3, -0.25) is 15.1 Å². The molecule has 142 valence electrons. The summed E-state index contributed by atoms with van der Waals surface area (Å²) in [5, 5.41) is 11.7. The van der Waals surface area contributed by atoms with Gasteiger partial charge in [0.25, 0.3) is 5.70 Å². The maximum absolute atomic E-state index is 13.0. The van der Waals surface area contributed by atoms with Gasteiger partial charge in [0.05, 0.1) is 31.0 Å². The first-order valence-corrected chi connectivity index (χ1v) is 9.44. The number of para-hydroxylation sites is 1. The zero-order valence-electron chi connectivity index (χ0n) is 14.2. The minimum atomic E-state index is -4.42. The van der Waals surface area contributed by atoms with Crippen LogP contribution in [0.2, 0.25) is 0 Å². The average Bonchev–Trinajstić information content (AvgIpc) is 3.01. The SMILES string of the molecule is O=[N+]([O-])C1=C2C(=Nc3ccccc32)C(Cc2cccc(C(F)(F)F)c2)C=C1I. The number of hydrogen-bond donors (Lipinski definition) is 0. The number of aliphatic imine (C=N–C) groups is 1. The molecule has 1 unspecified atom stereocenters. The lowest BCUT2D eigenvalue weighted by atomic mass is 9.84. The molecule has 2 aliphatic rings. The number of benzene rings is 2. The van der Waals surface area contributed by atoms with Crippen LogP contribution in [0.3, 0.4) is 0 Å². The Morgan fingerprint density at radius 1 is 1.14 bits per heavy atom. The van der Waals surface area contributed by atoms with Crippen LogP contribution in [0.15, 0.2) is 68.9 Å². The number of halogens is 4. The Labute approximate surface area is 171 Å². The van der Waals surface area contributed by atoms with E-state index in [1.807, 2.05) is 22.6 Å². The van der Waals surface area contributed by atoms with E-state index in [9.17, 15) is 23.3 Å².